The molecule has 4 aromatic carbocycles. The third kappa shape index (κ3) is 6.56. The molecule has 1 saturated heterocycles. The Morgan fingerprint density at radius 1 is 0.897 bits per heavy atom. The number of thioether (sulfide) groups is 1. The lowest BCUT2D eigenvalue weighted by Gasteiger charge is -2.34. The molecule has 1 aliphatic heterocycles. The van der Waals surface area contributed by atoms with E-state index in [1.54, 1.807) is 12.0 Å². The van der Waals surface area contributed by atoms with Gasteiger partial charge in [-0.15, -0.1) is 0 Å². The Balaban J connectivity index is 1.47. The average Bonchev–Trinajstić information content (AvgIpc) is 2.98. The zero-order valence-corrected chi connectivity index (χ0v) is 22.4. The standard InChI is InChI=1S/C32H29N3O3S/c1-38-27-19-17-26(18-20-27)34-32-35(22-28(23-11-5-2-6-12-23)24-13-7-3-8-14-24)30(36)21-29(39-32)31(37)33-25-15-9-4-10-16-25/h2-20,28-29H,21-22H2,1H3,(H,33,37)/t29-/m0/s1. The maximum Gasteiger partial charge on any atom is 0.238 e. The van der Waals surface area contributed by atoms with Crippen LogP contribution in [0, 0.1) is 0 Å². The van der Waals surface area contributed by atoms with Crippen LogP contribution in [0.25, 0.3) is 0 Å². The zero-order chi connectivity index (χ0) is 27.0. The fraction of sp³-hybridized carbons (Fsp3) is 0.156. The fourth-order valence-corrected chi connectivity index (χ4v) is 5.60. The van der Waals surface area contributed by atoms with Crippen LogP contribution in [0.5, 0.6) is 5.75 Å². The first-order valence-corrected chi connectivity index (χ1v) is 13.6. The van der Waals surface area contributed by atoms with Gasteiger partial charge in [0.1, 0.15) is 11.0 Å². The lowest BCUT2D eigenvalue weighted by atomic mass is 9.90. The highest BCUT2D eigenvalue weighted by Crippen LogP contribution is 2.34. The quantitative estimate of drug-likeness (QED) is 0.280. The Labute approximate surface area is 232 Å². The molecule has 0 spiro atoms. The van der Waals surface area contributed by atoms with Crippen molar-refractivity contribution >= 4 is 40.1 Å². The van der Waals surface area contributed by atoms with Crippen molar-refractivity contribution in [1.29, 1.82) is 0 Å². The van der Waals surface area contributed by atoms with Gasteiger partial charge in [-0.3, -0.25) is 14.5 Å². The second-order valence-corrected chi connectivity index (χ2v) is 10.3. The first-order chi connectivity index (χ1) is 19.1. The van der Waals surface area contributed by atoms with Crippen LogP contribution in [-0.2, 0) is 9.59 Å². The summed E-state index contributed by atoms with van der Waals surface area (Å²) < 4.78 is 5.28. The van der Waals surface area contributed by atoms with Crippen molar-refractivity contribution in [2.75, 3.05) is 19.0 Å². The number of amides is 2. The number of para-hydroxylation sites is 1. The Hall–Kier alpha value is -4.36. The Bertz CT molecular complexity index is 1390. The molecule has 0 saturated carbocycles. The molecule has 1 N–H and O–H groups in total. The van der Waals surface area contributed by atoms with Crippen molar-refractivity contribution in [3.05, 3.63) is 126 Å². The summed E-state index contributed by atoms with van der Waals surface area (Å²) in [6, 6.07) is 36.9. The summed E-state index contributed by atoms with van der Waals surface area (Å²) in [4.78, 5) is 33.5. The van der Waals surface area contributed by atoms with Crippen LogP contribution < -0.4 is 10.1 Å². The number of nitrogens with zero attached hydrogens (tertiary/aromatic N) is 2. The fourth-order valence-electron chi connectivity index (χ4n) is 4.49. The molecule has 7 heteroatoms. The minimum atomic E-state index is -0.599. The van der Waals surface area contributed by atoms with E-state index < -0.39 is 5.25 Å². The summed E-state index contributed by atoms with van der Waals surface area (Å²) >= 11 is 1.32. The van der Waals surface area contributed by atoms with Gasteiger partial charge in [0.15, 0.2) is 5.17 Å². The molecule has 196 valence electrons. The number of hydrogen-bond donors (Lipinski definition) is 1. The summed E-state index contributed by atoms with van der Waals surface area (Å²) in [6.07, 6.45) is 0.0846. The Morgan fingerprint density at radius 2 is 1.46 bits per heavy atom. The Kier molecular flexibility index (Phi) is 8.39. The van der Waals surface area contributed by atoms with Crippen LogP contribution in [-0.4, -0.2) is 40.8 Å². The van der Waals surface area contributed by atoms with E-state index in [-0.39, 0.29) is 24.2 Å². The monoisotopic (exact) mass is 535 g/mol. The van der Waals surface area contributed by atoms with Gasteiger partial charge in [-0.25, -0.2) is 4.99 Å². The first kappa shape index (κ1) is 26.3. The Morgan fingerprint density at radius 3 is 2.03 bits per heavy atom. The molecule has 0 radical (unpaired) electrons. The third-order valence-corrected chi connectivity index (χ3v) is 7.73. The predicted octanol–water partition coefficient (Wildman–Crippen LogP) is 6.49. The first-order valence-electron chi connectivity index (χ1n) is 12.8. The maximum atomic E-state index is 13.7. The molecular weight excluding hydrogens is 506 g/mol. The molecule has 0 aromatic heterocycles. The number of nitrogens with one attached hydrogen (secondary N) is 1. The lowest BCUT2D eigenvalue weighted by Crippen LogP contribution is -2.46. The van der Waals surface area contributed by atoms with E-state index in [1.165, 1.54) is 11.8 Å². The van der Waals surface area contributed by atoms with Gasteiger partial charge in [-0.1, -0.05) is 90.6 Å². The van der Waals surface area contributed by atoms with Gasteiger partial charge >= 0.3 is 0 Å². The van der Waals surface area contributed by atoms with Crippen LogP contribution in [0.1, 0.15) is 23.5 Å². The molecule has 2 amide bonds. The molecule has 1 heterocycles. The maximum absolute atomic E-state index is 13.7. The molecule has 5 rings (SSSR count). The number of hydrogen-bond acceptors (Lipinski definition) is 5. The van der Waals surface area contributed by atoms with Crippen LogP contribution in [0.2, 0.25) is 0 Å². The van der Waals surface area contributed by atoms with E-state index in [0.717, 1.165) is 16.9 Å². The van der Waals surface area contributed by atoms with Crippen LogP contribution >= 0.6 is 11.8 Å². The number of carbonyl (C=O) groups is 2. The van der Waals surface area contributed by atoms with Crippen LogP contribution in [0.3, 0.4) is 0 Å². The van der Waals surface area contributed by atoms with Crippen LogP contribution in [0.4, 0.5) is 11.4 Å². The summed E-state index contributed by atoms with van der Waals surface area (Å²) in [6.45, 7) is 0.405. The van der Waals surface area contributed by atoms with Crippen LogP contribution in [0.15, 0.2) is 120 Å². The number of methoxy groups -OCH3 is 1. The van der Waals surface area contributed by atoms with Gasteiger partial charge in [0.2, 0.25) is 11.8 Å². The van der Waals surface area contributed by atoms with Crippen molar-refractivity contribution in [1.82, 2.24) is 4.90 Å². The molecule has 39 heavy (non-hydrogen) atoms. The van der Waals surface area contributed by atoms with E-state index in [1.807, 2.05) is 91.0 Å². The van der Waals surface area contributed by atoms with Gasteiger partial charge in [-0.2, -0.15) is 0 Å². The third-order valence-electron chi connectivity index (χ3n) is 6.54. The number of aliphatic imine (C=N–C) groups is 1. The smallest absolute Gasteiger partial charge is 0.238 e. The molecule has 6 nitrogen and oxygen atoms in total. The molecule has 0 bridgehead atoms. The number of rotatable bonds is 8. The number of benzene rings is 4. The molecule has 0 aliphatic carbocycles. The molecule has 1 aliphatic rings. The lowest BCUT2D eigenvalue weighted by molar-refractivity contribution is -0.129. The van der Waals surface area contributed by atoms with Gasteiger partial charge in [0, 0.05) is 24.6 Å². The summed E-state index contributed by atoms with van der Waals surface area (Å²) in [5.74, 6) is 0.305. The van der Waals surface area contributed by atoms with Gasteiger partial charge in [-0.05, 0) is 47.5 Å². The second-order valence-electron chi connectivity index (χ2n) is 9.14. The zero-order valence-electron chi connectivity index (χ0n) is 21.6. The summed E-state index contributed by atoms with van der Waals surface area (Å²) in [7, 11) is 1.61. The minimum absolute atomic E-state index is 0.0623. The number of ether oxygens (including phenoxy) is 1. The number of amidine groups is 1. The van der Waals surface area contributed by atoms with Crippen molar-refractivity contribution in [3.63, 3.8) is 0 Å². The van der Waals surface area contributed by atoms with E-state index in [9.17, 15) is 9.59 Å². The predicted molar refractivity (Wildman–Crippen MR) is 158 cm³/mol. The van der Waals surface area contributed by atoms with Crippen molar-refractivity contribution in [2.24, 2.45) is 4.99 Å². The van der Waals surface area contributed by atoms with E-state index >= 15 is 0 Å². The van der Waals surface area contributed by atoms with E-state index in [4.69, 9.17) is 9.73 Å². The van der Waals surface area contributed by atoms with Crippen molar-refractivity contribution in [3.8, 4) is 5.75 Å². The highest BCUT2D eigenvalue weighted by Gasteiger charge is 2.37. The largest absolute Gasteiger partial charge is 0.497 e. The molecule has 0 unspecified atom stereocenters. The number of anilines is 1. The summed E-state index contributed by atoms with van der Waals surface area (Å²) in [5.41, 5.74) is 3.58. The summed E-state index contributed by atoms with van der Waals surface area (Å²) in [5, 5.41) is 2.84. The molecular formula is C32H29N3O3S. The highest BCUT2D eigenvalue weighted by atomic mass is 32.2. The molecule has 1 fully saturated rings. The van der Waals surface area contributed by atoms with Gasteiger partial charge in [0.25, 0.3) is 0 Å². The van der Waals surface area contributed by atoms with E-state index in [2.05, 4.69) is 29.6 Å². The SMILES string of the molecule is COc1ccc(N=C2S[C@H](C(=O)Nc3ccccc3)CC(=O)N2CC(c2ccccc2)c2ccccc2)cc1. The second kappa shape index (κ2) is 12.5. The van der Waals surface area contributed by atoms with Gasteiger partial charge < -0.3 is 10.1 Å². The highest BCUT2D eigenvalue weighted by molar-refractivity contribution is 8.15. The molecule has 1 atom stereocenters. The normalized spacial score (nSPS) is 16.4. The van der Waals surface area contributed by atoms with Crippen molar-refractivity contribution in [2.45, 2.75) is 17.6 Å². The van der Waals surface area contributed by atoms with Crippen molar-refractivity contribution < 1.29 is 14.3 Å². The molecule has 4 aromatic rings. The minimum Gasteiger partial charge on any atom is -0.497 e. The topological polar surface area (TPSA) is 71.0 Å². The average molecular weight is 536 g/mol. The van der Waals surface area contributed by atoms with E-state index in [0.29, 0.717) is 23.1 Å². The number of carbonyl (C=O) groups excluding carboxylic acids is 2. The van der Waals surface area contributed by atoms with Gasteiger partial charge in [0.05, 0.1) is 12.8 Å².